The molecule has 0 spiro atoms. The van der Waals surface area contributed by atoms with Crippen LogP contribution in [-0.2, 0) is 10.0 Å². The maximum Gasteiger partial charge on any atom is 0.255 e. The number of sulfonamides is 1. The first-order valence-corrected chi connectivity index (χ1v) is 10.7. The molecule has 0 aliphatic heterocycles. The SMILES string of the molecule is CC(C)NS(=O)(=O)c1ccc(C(=O)Nc2ccccc2C(=O)NC(C)(C)C)cc1. The molecule has 2 aromatic rings. The summed E-state index contributed by atoms with van der Waals surface area (Å²) in [4.78, 5) is 25.2. The van der Waals surface area contributed by atoms with E-state index in [1.165, 1.54) is 24.3 Å². The molecule has 0 saturated carbocycles. The number of amides is 2. The van der Waals surface area contributed by atoms with Gasteiger partial charge in [-0.25, -0.2) is 13.1 Å². The summed E-state index contributed by atoms with van der Waals surface area (Å²) >= 11 is 0. The maximum atomic E-state index is 12.6. The molecule has 8 heteroatoms. The van der Waals surface area contributed by atoms with Crippen LogP contribution >= 0.6 is 0 Å². The van der Waals surface area contributed by atoms with Gasteiger partial charge in [-0.15, -0.1) is 0 Å². The van der Waals surface area contributed by atoms with Crippen molar-refractivity contribution in [2.75, 3.05) is 5.32 Å². The quantitative estimate of drug-likeness (QED) is 0.671. The van der Waals surface area contributed by atoms with Gasteiger partial charge in [-0.1, -0.05) is 12.1 Å². The third kappa shape index (κ3) is 6.40. The molecule has 0 saturated heterocycles. The third-order valence-electron chi connectivity index (χ3n) is 3.73. The van der Waals surface area contributed by atoms with Crippen molar-refractivity contribution in [1.29, 1.82) is 0 Å². The molecule has 156 valence electrons. The molecule has 0 aliphatic carbocycles. The van der Waals surface area contributed by atoms with Crippen LogP contribution < -0.4 is 15.4 Å². The molecule has 2 aromatic carbocycles. The van der Waals surface area contributed by atoms with Gasteiger partial charge in [-0.3, -0.25) is 9.59 Å². The molecule has 0 aromatic heterocycles. The lowest BCUT2D eigenvalue weighted by molar-refractivity contribution is 0.0920. The predicted octanol–water partition coefficient (Wildman–Crippen LogP) is 3.15. The lowest BCUT2D eigenvalue weighted by Gasteiger charge is -2.21. The zero-order valence-electron chi connectivity index (χ0n) is 17.2. The number of anilines is 1. The van der Waals surface area contributed by atoms with Crippen LogP contribution in [0.25, 0.3) is 0 Å². The first-order chi connectivity index (χ1) is 13.4. The van der Waals surface area contributed by atoms with Crippen LogP contribution in [0, 0.1) is 0 Å². The highest BCUT2D eigenvalue weighted by Crippen LogP contribution is 2.18. The van der Waals surface area contributed by atoms with Crippen LogP contribution in [0.1, 0.15) is 55.3 Å². The summed E-state index contributed by atoms with van der Waals surface area (Å²) in [5.74, 6) is -0.739. The normalized spacial score (nSPS) is 11.9. The topological polar surface area (TPSA) is 104 Å². The Hall–Kier alpha value is -2.71. The van der Waals surface area contributed by atoms with Crippen molar-refractivity contribution in [3.05, 3.63) is 59.7 Å². The summed E-state index contributed by atoms with van der Waals surface area (Å²) in [5, 5.41) is 5.58. The van der Waals surface area contributed by atoms with Gasteiger partial charge in [0.05, 0.1) is 16.1 Å². The van der Waals surface area contributed by atoms with Crippen molar-refractivity contribution >= 4 is 27.5 Å². The number of rotatable bonds is 6. The molecule has 0 heterocycles. The molecule has 2 rings (SSSR count). The van der Waals surface area contributed by atoms with E-state index < -0.39 is 21.5 Å². The van der Waals surface area contributed by atoms with E-state index in [2.05, 4.69) is 15.4 Å². The van der Waals surface area contributed by atoms with Crippen LogP contribution in [0.5, 0.6) is 0 Å². The molecule has 7 nitrogen and oxygen atoms in total. The Morgan fingerprint density at radius 1 is 0.897 bits per heavy atom. The Morgan fingerprint density at radius 3 is 2.03 bits per heavy atom. The summed E-state index contributed by atoms with van der Waals surface area (Å²) in [5.41, 5.74) is 0.576. The number of carbonyl (C=O) groups excluding carboxylic acids is 2. The van der Waals surface area contributed by atoms with E-state index in [0.717, 1.165) is 0 Å². The molecular weight excluding hydrogens is 390 g/mol. The highest BCUT2D eigenvalue weighted by atomic mass is 32.2. The van der Waals surface area contributed by atoms with Gasteiger partial charge >= 0.3 is 0 Å². The number of hydrogen-bond acceptors (Lipinski definition) is 4. The fraction of sp³-hybridized carbons (Fsp3) is 0.333. The van der Waals surface area contributed by atoms with Crippen molar-refractivity contribution in [3.63, 3.8) is 0 Å². The lowest BCUT2D eigenvalue weighted by atomic mass is 10.1. The summed E-state index contributed by atoms with van der Waals surface area (Å²) in [6.45, 7) is 9.07. The van der Waals surface area contributed by atoms with Gasteiger partial charge in [0.25, 0.3) is 11.8 Å². The molecule has 3 N–H and O–H groups in total. The monoisotopic (exact) mass is 417 g/mol. The van der Waals surface area contributed by atoms with Gasteiger partial charge in [-0.05, 0) is 71.0 Å². The van der Waals surface area contributed by atoms with Crippen molar-refractivity contribution in [2.24, 2.45) is 0 Å². The van der Waals surface area contributed by atoms with Crippen molar-refractivity contribution in [3.8, 4) is 0 Å². The van der Waals surface area contributed by atoms with E-state index in [9.17, 15) is 18.0 Å². The van der Waals surface area contributed by atoms with Crippen LogP contribution in [0.2, 0.25) is 0 Å². The minimum Gasteiger partial charge on any atom is -0.347 e. The first-order valence-electron chi connectivity index (χ1n) is 9.24. The van der Waals surface area contributed by atoms with Gasteiger partial charge in [0.15, 0.2) is 0 Å². The second kappa shape index (κ2) is 8.75. The standard InChI is InChI=1S/C21H27N3O4S/c1-14(2)24-29(27,28)16-12-10-15(11-13-16)19(25)22-18-9-7-6-8-17(18)20(26)23-21(3,4)5/h6-14,24H,1-5H3,(H,22,25)(H,23,26). The van der Waals surface area contributed by atoms with Crippen molar-refractivity contribution in [1.82, 2.24) is 10.0 Å². The Kier molecular flexibility index (Phi) is 6.81. The first kappa shape index (κ1) is 22.6. The molecule has 0 atom stereocenters. The molecule has 0 fully saturated rings. The van der Waals surface area contributed by atoms with E-state index in [4.69, 9.17) is 0 Å². The highest BCUT2D eigenvalue weighted by Gasteiger charge is 2.20. The fourth-order valence-corrected chi connectivity index (χ4v) is 3.81. The summed E-state index contributed by atoms with van der Waals surface area (Å²) in [7, 11) is -3.63. The van der Waals surface area contributed by atoms with E-state index in [0.29, 0.717) is 11.3 Å². The van der Waals surface area contributed by atoms with Crippen LogP contribution in [0.15, 0.2) is 53.4 Å². The number of benzene rings is 2. The van der Waals surface area contributed by atoms with Crippen LogP contribution in [-0.4, -0.2) is 31.8 Å². The molecule has 2 amide bonds. The Morgan fingerprint density at radius 2 is 1.48 bits per heavy atom. The minimum absolute atomic E-state index is 0.0766. The average Bonchev–Trinajstić information content (AvgIpc) is 2.59. The lowest BCUT2D eigenvalue weighted by Crippen LogP contribution is -2.40. The Labute approximate surface area is 172 Å². The highest BCUT2D eigenvalue weighted by molar-refractivity contribution is 7.89. The van der Waals surface area contributed by atoms with E-state index in [1.54, 1.807) is 38.1 Å². The molecular formula is C21H27N3O4S. The summed E-state index contributed by atoms with van der Waals surface area (Å²) in [6.07, 6.45) is 0. The van der Waals surface area contributed by atoms with Gasteiger partial charge in [0, 0.05) is 17.1 Å². The van der Waals surface area contributed by atoms with E-state index in [-0.39, 0.29) is 22.4 Å². The van der Waals surface area contributed by atoms with Crippen LogP contribution in [0.3, 0.4) is 0 Å². The maximum absolute atomic E-state index is 12.6. The zero-order chi connectivity index (χ0) is 21.8. The fourth-order valence-electron chi connectivity index (χ4n) is 2.56. The van der Waals surface area contributed by atoms with Crippen LogP contribution in [0.4, 0.5) is 5.69 Å². The Bertz CT molecular complexity index is 991. The molecule has 0 radical (unpaired) electrons. The molecule has 29 heavy (non-hydrogen) atoms. The van der Waals surface area contributed by atoms with Gasteiger partial charge in [0.2, 0.25) is 10.0 Å². The second-order valence-electron chi connectivity index (χ2n) is 8.00. The minimum atomic E-state index is -3.63. The number of hydrogen-bond donors (Lipinski definition) is 3. The van der Waals surface area contributed by atoms with Crippen molar-refractivity contribution < 1.29 is 18.0 Å². The largest absolute Gasteiger partial charge is 0.347 e. The molecule has 0 aliphatic rings. The van der Waals surface area contributed by atoms with E-state index >= 15 is 0 Å². The average molecular weight is 418 g/mol. The summed E-state index contributed by atoms with van der Waals surface area (Å²) in [6, 6.07) is 12.1. The van der Waals surface area contributed by atoms with Gasteiger partial charge < -0.3 is 10.6 Å². The van der Waals surface area contributed by atoms with Crippen molar-refractivity contribution in [2.45, 2.75) is 51.1 Å². The predicted molar refractivity (Wildman–Crippen MR) is 114 cm³/mol. The molecule has 0 unspecified atom stereocenters. The molecule has 0 bridgehead atoms. The number of nitrogens with one attached hydrogen (secondary N) is 3. The summed E-state index contributed by atoms with van der Waals surface area (Å²) < 4.78 is 26.9. The smallest absolute Gasteiger partial charge is 0.255 e. The van der Waals surface area contributed by atoms with Gasteiger partial charge in [0.1, 0.15) is 0 Å². The zero-order valence-corrected chi connectivity index (χ0v) is 18.1. The third-order valence-corrected chi connectivity index (χ3v) is 5.40. The Balaban J connectivity index is 2.20. The van der Waals surface area contributed by atoms with Gasteiger partial charge in [-0.2, -0.15) is 0 Å². The second-order valence-corrected chi connectivity index (χ2v) is 9.72. The number of carbonyl (C=O) groups is 2. The van der Waals surface area contributed by atoms with E-state index in [1.807, 2.05) is 20.8 Å². The number of para-hydroxylation sites is 1.